The topological polar surface area (TPSA) is 62.1 Å². The van der Waals surface area contributed by atoms with Crippen molar-refractivity contribution >= 4 is 16.7 Å². The van der Waals surface area contributed by atoms with Crippen LogP contribution in [-0.4, -0.2) is 25.2 Å². The SMILES string of the molecule is N#CC1(C(=O)N[C@@H]2C[C@H]2c2cccc3ccccc23)CCOCC1. The van der Waals surface area contributed by atoms with Crippen molar-refractivity contribution in [1.29, 1.82) is 5.26 Å². The van der Waals surface area contributed by atoms with Crippen LogP contribution in [0.2, 0.25) is 0 Å². The van der Waals surface area contributed by atoms with Crippen LogP contribution in [0.1, 0.15) is 30.7 Å². The van der Waals surface area contributed by atoms with Gasteiger partial charge in [-0.05, 0) is 35.6 Å². The van der Waals surface area contributed by atoms with Gasteiger partial charge in [0, 0.05) is 25.2 Å². The van der Waals surface area contributed by atoms with E-state index in [1.165, 1.54) is 16.3 Å². The van der Waals surface area contributed by atoms with E-state index in [0.29, 0.717) is 32.0 Å². The van der Waals surface area contributed by atoms with E-state index in [-0.39, 0.29) is 11.9 Å². The number of hydrogen-bond donors (Lipinski definition) is 1. The molecule has 2 fully saturated rings. The predicted octanol–water partition coefficient (Wildman–Crippen LogP) is 3.13. The smallest absolute Gasteiger partial charge is 0.240 e. The highest BCUT2D eigenvalue weighted by molar-refractivity contribution is 5.88. The van der Waals surface area contributed by atoms with Gasteiger partial charge in [0.1, 0.15) is 5.41 Å². The molecule has 2 aromatic rings. The fourth-order valence-electron chi connectivity index (χ4n) is 3.69. The molecule has 24 heavy (non-hydrogen) atoms. The second-order valence-electron chi connectivity index (χ2n) is 6.80. The number of nitrogens with one attached hydrogen (secondary N) is 1. The molecule has 1 saturated carbocycles. The van der Waals surface area contributed by atoms with E-state index >= 15 is 0 Å². The average molecular weight is 320 g/mol. The van der Waals surface area contributed by atoms with Crippen LogP contribution in [0.3, 0.4) is 0 Å². The highest BCUT2D eigenvalue weighted by Crippen LogP contribution is 2.44. The van der Waals surface area contributed by atoms with Crippen molar-refractivity contribution in [2.24, 2.45) is 5.41 Å². The third-order valence-electron chi connectivity index (χ3n) is 5.32. The Hall–Kier alpha value is -2.38. The number of ether oxygens (including phenoxy) is 1. The molecule has 2 aromatic carbocycles. The minimum Gasteiger partial charge on any atom is -0.381 e. The van der Waals surface area contributed by atoms with Gasteiger partial charge in [-0.1, -0.05) is 42.5 Å². The molecule has 122 valence electrons. The van der Waals surface area contributed by atoms with Gasteiger partial charge in [-0.25, -0.2) is 0 Å². The van der Waals surface area contributed by atoms with Crippen molar-refractivity contribution in [3.8, 4) is 6.07 Å². The molecule has 1 N–H and O–H groups in total. The molecule has 1 saturated heterocycles. The number of nitriles is 1. The zero-order chi connectivity index (χ0) is 16.6. The monoisotopic (exact) mass is 320 g/mol. The third-order valence-corrected chi connectivity index (χ3v) is 5.32. The third kappa shape index (κ3) is 2.55. The normalized spacial score (nSPS) is 25.0. The molecule has 0 spiro atoms. The van der Waals surface area contributed by atoms with Crippen LogP contribution < -0.4 is 5.32 Å². The molecule has 1 heterocycles. The average Bonchev–Trinajstić information content (AvgIpc) is 3.40. The van der Waals surface area contributed by atoms with Crippen LogP contribution in [-0.2, 0) is 9.53 Å². The first kappa shape index (κ1) is 15.2. The van der Waals surface area contributed by atoms with Gasteiger partial charge in [0.05, 0.1) is 6.07 Å². The maximum atomic E-state index is 12.7. The Morgan fingerprint density at radius 3 is 2.71 bits per heavy atom. The first-order valence-electron chi connectivity index (χ1n) is 8.51. The van der Waals surface area contributed by atoms with Crippen molar-refractivity contribution in [1.82, 2.24) is 5.32 Å². The van der Waals surface area contributed by atoms with Gasteiger partial charge in [0.25, 0.3) is 0 Å². The largest absolute Gasteiger partial charge is 0.381 e. The van der Waals surface area contributed by atoms with E-state index in [9.17, 15) is 10.1 Å². The Labute approximate surface area is 141 Å². The maximum Gasteiger partial charge on any atom is 0.240 e. The summed E-state index contributed by atoms with van der Waals surface area (Å²) in [6.45, 7) is 0.969. The zero-order valence-corrected chi connectivity index (χ0v) is 13.5. The Kier molecular flexibility index (Phi) is 3.74. The first-order chi connectivity index (χ1) is 11.7. The molecule has 4 heteroatoms. The highest BCUT2D eigenvalue weighted by Gasteiger charge is 2.46. The summed E-state index contributed by atoms with van der Waals surface area (Å²) < 4.78 is 5.30. The Balaban J connectivity index is 1.50. The van der Waals surface area contributed by atoms with Crippen LogP contribution >= 0.6 is 0 Å². The molecule has 0 bridgehead atoms. The van der Waals surface area contributed by atoms with E-state index in [2.05, 4.69) is 47.8 Å². The number of benzene rings is 2. The summed E-state index contributed by atoms with van der Waals surface area (Å²) in [6.07, 6.45) is 1.92. The lowest BCUT2D eigenvalue weighted by atomic mass is 9.81. The molecule has 2 aliphatic rings. The molecule has 0 radical (unpaired) electrons. The summed E-state index contributed by atoms with van der Waals surface area (Å²) >= 11 is 0. The number of carbonyl (C=O) groups excluding carboxylic acids is 1. The van der Waals surface area contributed by atoms with Gasteiger partial charge < -0.3 is 10.1 Å². The van der Waals surface area contributed by atoms with Crippen LogP contribution in [0.15, 0.2) is 42.5 Å². The quantitative estimate of drug-likeness (QED) is 0.945. The number of rotatable bonds is 3. The lowest BCUT2D eigenvalue weighted by Gasteiger charge is -2.29. The summed E-state index contributed by atoms with van der Waals surface area (Å²) in [5.74, 6) is 0.219. The van der Waals surface area contributed by atoms with Gasteiger partial charge in [-0.15, -0.1) is 0 Å². The Bertz CT molecular complexity index is 812. The minimum absolute atomic E-state index is 0.124. The zero-order valence-electron chi connectivity index (χ0n) is 13.5. The van der Waals surface area contributed by atoms with Crippen molar-refractivity contribution in [3.63, 3.8) is 0 Å². The number of nitrogens with zero attached hydrogens (tertiary/aromatic N) is 1. The van der Waals surface area contributed by atoms with Gasteiger partial charge in [-0.2, -0.15) is 5.26 Å². The second-order valence-corrected chi connectivity index (χ2v) is 6.80. The van der Waals surface area contributed by atoms with Crippen LogP contribution in [0.25, 0.3) is 10.8 Å². The number of amides is 1. The maximum absolute atomic E-state index is 12.7. The number of hydrogen-bond acceptors (Lipinski definition) is 3. The molecule has 0 aromatic heterocycles. The van der Waals surface area contributed by atoms with E-state index in [1.807, 2.05) is 6.07 Å². The molecule has 0 unspecified atom stereocenters. The standard InChI is InChI=1S/C20H20N2O2/c21-13-20(8-10-24-11-9-20)19(23)22-18-12-17(18)16-7-3-5-14-4-1-2-6-15(14)16/h1-7,17-18H,8-12H2,(H,22,23)/t17-,18+/m0/s1. The summed E-state index contributed by atoms with van der Waals surface area (Å²) in [4.78, 5) is 12.7. The first-order valence-corrected chi connectivity index (χ1v) is 8.51. The molecule has 4 nitrogen and oxygen atoms in total. The van der Waals surface area contributed by atoms with E-state index < -0.39 is 5.41 Å². The molecular formula is C20H20N2O2. The summed E-state index contributed by atoms with van der Waals surface area (Å²) in [6, 6.07) is 17.1. The van der Waals surface area contributed by atoms with Crippen molar-refractivity contribution in [3.05, 3.63) is 48.0 Å². The fraction of sp³-hybridized carbons (Fsp3) is 0.400. The molecule has 2 atom stereocenters. The predicted molar refractivity (Wildman–Crippen MR) is 91.3 cm³/mol. The Morgan fingerprint density at radius 1 is 1.17 bits per heavy atom. The van der Waals surface area contributed by atoms with Gasteiger partial charge >= 0.3 is 0 Å². The van der Waals surface area contributed by atoms with Crippen LogP contribution in [0.5, 0.6) is 0 Å². The molecule has 1 aliphatic carbocycles. The van der Waals surface area contributed by atoms with Gasteiger partial charge in [0.15, 0.2) is 0 Å². The second kappa shape index (κ2) is 5.92. The fourth-order valence-corrected chi connectivity index (χ4v) is 3.69. The molecule has 4 rings (SSSR count). The molecule has 1 amide bonds. The highest BCUT2D eigenvalue weighted by atomic mass is 16.5. The van der Waals surface area contributed by atoms with Gasteiger partial charge in [-0.3, -0.25) is 4.79 Å². The van der Waals surface area contributed by atoms with Crippen molar-refractivity contribution in [2.45, 2.75) is 31.2 Å². The van der Waals surface area contributed by atoms with Crippen molar-refractivity contribution in [2.75, 3.05) is 13.2 Å². The van der Waals surface area contributed by atoms with E-state index in [0.717, 1.165) is 6.42 Å². The summed E-state index contributed by atoms with van der Waals surface area (Å²) in [5, 5.41) is 15.1. The van der Waals surface area contributed by atoms with Crippen molar-refractivity contribution < 1.29 is 9.53 Å². The van der Waals surface area contributed by atoms with E-state index in [1.54, 1.807) is 0 Å². The Morgan fingerprint density at radius 2 is 1.92 bits per heavy atom. The summed E-state index contributed by atoms with van der Waals surface area (Å²) in [5.41, 5.74) is 0.376. The number of carbonyl (C=O) groups is 1. The van der Waals surface area contributed by atoms with Crippen LogP contribution in [0.4, 0.5) is 0 Å². The summed E-state index contributed by atoms with van der Waals surface area (Å²) in [7, 11) is 0. The lowest BCUT2D eigenvalue weighted by molar-refractivity contribution is -0.132. The number of fused-ring (bicyclic) bond motifs is 1. The van der Waals surface area contributed by atoms with E-state index in [4.69, 9.17) is 4.74 Å². The molecule has 1 aliphatic heterocycles. The van der Waals surface area contributed by atoms with Crippen LogP contribution in [0, 0.1) is 16.7 Å². The lowest BCUT2D eigenvalue weighted by Crippen LogP contribution is -2.44. The van der Waals surface area contributed by atoms with Gasteiger partial charge in [0.2, 0.25) is 5.91 Å². The minimum atomic E-state index is -0.913. The molecular weight excluding hydrogens is 300 g/mol.